The molecule has 212 valence electrons. The van der Waals surface area contributed by atoms with E-state index >= 15 is 0 Å². The fraction of sp³-hybridized carbons (Fsp3) is 0.405. The smallest absolute Gasteiger partial charge is 0.127 e. The van der Waals surface area contributed by atoms with Crippen molar-refractivity contribution in [3.8, 4) is 33.8 Å². The molecule has 1 spiro atoms. The van der Waals surface area contributed by atoms with Crippen LogP contribution >= 0.6 is 0 Å². The maximum atomic E-state index is 11.5. The first-order valence-corrected chi connectivity index (χ1v) is 15.4. The lowest BCUT2D eigenvalue weighted by Crippen LogP contribution is -2.36. The molecule has 4 aromatic carbocycles. The van der Waals surface area contributed by atoms with Crippen LogP contribution < -0.4 is 9.64 Å². The van der Waals surface area contributed by atoms with Gasteiger partial charge in [-0.25, -0.2) is 0 Å². The van der Waals surface area contributed by atoms with E-state index in [1.165, 1.54) is 53.6 Å². The Kier molecular flexibility index (Phi) is 6.50. The van der Waals surface area contributed by atoms with Crippen LogP contribution in [-0.2, 0) is 10.2 Å². The standard InChI is InChI=1S/C37H41NO3/c1-4-36(5-2)14-16-37(17-15-36)31-9-7-6-8-27(31)35-30-22-28(34(40-3)23-29(30)33(39)24-32(35)37)25-10-12-26(13-11-25)38-18-20-41-21-19-38/h6-13,22-24,39H,4-5,14-21H2,1-3H3. The number of methoxy groups -OCH3 is 1. The quantitative estimate of drug-likeness (QED) is 0.271. The van der Waals surface area contributed by atoms with Crippen LogP contribution in [0.1, 0.15) is 63.5 Å². The SMILES string of the molecule is CCC1(CC)CCC2(CC1)c1ccccc1-c1c2cc(O)c2cc(OC)c(-c3ccc(N4CCOCC4)cc3)cc12. The molecule has 1 saturated carbocycles. The zero-order chi connectivity index (χ0) is 28.2. The van der Waals surface area contributed by atoms with Gasteiger partial charge < -0.3 is 19.5 Å². The highest BCUT2D eigenvalue weighted by Gasteiger charge is 2.49. The van der Waals surface area contributed by atoms with E-state index in [4.69, 9.17) is 9.47 Å². The van der Waals surface area contributed by atoms with Gasteiger partial charge in [0.25, 0.3) is 0 Å². The number of aromatic hydroxyl groups is 1. The van der Waals surface area contributed by atoms with Gasteiger partial charge in [-0.2, -0.15) is 0 Å². The third kappa shape index (κ3) is 4.06. The summed E-state index contributed by atoms with van der Waals surface area (Å²) >= 11 is 0. The molecule has 2 fully saturated rings. The van der Waals surface area contributed by atoms with E-state index in [0.717, 1.165) is 66.8 Å². The minimum absolute atomic E-state index is 0.0364. The summed E-state index contributed by atoms with van der Waals surface area (Å²) in [7, 11) is 1.72. The molecule has 1 N–H and O–H groups in total. The average Bonchev–Trinajstić information content (AvgIpc) is 3.30. The van der Waals surface area contributed by atoms with Gasteiger partial charge in [0.2, 0.25) is 0 Å². The van der Waals surface area contributed by atoms with E-state index in [0.29, 0.717) is 11.2 Å². The number of nitrogens with zero attached hydrogens (tertiary/aromatic N) is 1. The zero-order valence-electron chi connectivity index (χ0n) is 24.6. The van der Waals surface area contributed by atoms with Crippen LogP contribution in [0.3, 0.4) is 0 Å². The molecule has 1 heterocycles. The van der Waals surface area contributed by atoms with Crippen LogP contribution in [0, 0.1) is 5.41 Å². The summed E-state index contributed by atoms with van der Waals surface area (Å²) in [6.45, 7) is 8.11. The van der Waals surface area contributed by atoms with Crippen molar-refractivity contribution in [3.05, 3.63) is 77.9 Å². The third-order valence-electron chi connectivity index (χ3n) is 10.9. The van der Waals surface area contributed by atoms with Gasteiger partial charge in [0.05, 0.1) is 20.3 Å². The van der Waals surface area contributed by atoms with Crippen molar-refractivity contribution in [1.82, 2.24) is 0 Å². The molecule has 0 aromatic heterocycles. The number of phenols is 1. The van der Waals surface area contributed by atoms with Gasteiger partial charge >= 0.3 is 0 Å². The summed E-state index contributed by atoms with van der Waals surface area (Å²) in [5.41, 5.74) is 9.17. The largest absolute Gasteiger partial charge is 0.507 e. The highest BCUT2D eigenvalue weighted by Crippen LogP contribution is 2.62. The van der Waals surface area contributed by atoms with E-state index < -0.39 is 0 Å². The number of hydrogen-bond donors (Lipinski definition) is 1. The summed E-state index contributed by atoms with van der Waals surface area (Å²) < 4.78 is 11.5. The molecular weight excluding hydrogens is 506 g/mol. The number of phenolic OH excluding ortho intramolecular Hbond substituents is 1. The first-order valence-electron chi connectivity index (χ1n) is 15.4. The van der Waals surface area contributed by atoms with Gasteiger partial charge in [-0.3, -0.25) is 0 Å². The first-order chi connectivity index (χ1) is 20.0. The van der Waals surface area contributed by atoms with Crippen molar-refractivity contribution >= 4 is 16.5 Å². The molecule has 0 bridgehead atoms. The van der Waals surface area contributed by atoms with Crippen molar-refractivity contribution in [1.29, 1.82) is 0 Å². The second-order valence-corrected chi connectivity index (χ2v) is 12.4. The van der Waals surface area contributed by atoms with Crippen molar-refractivity contribution in [2.45, 2.75) is 57.8 Å². The van der Waals surface area contributed by atoms with Crippen LogP contribution in [0.15, 0.2) is 66.7 Å². The van der Waals surface area contributed by atoms with E-state index in [-0.39, 0.29) is 5.41 Å². The molecule has 1 saturated heterocycles. The zero-order valence-corrected chi connectivity index (χ0v) is 24.6. The normalized spacial score (nSPS) is 18.9. The van der Waals surface area contributed by atoms with Gasteiger partial charge in [-0.05, 0) is 94.6 Å². The topological polar surface area (TPSA) is 41.9 Å². The second kappa shape index (κ2) is 10.1. The summed E-state index contributed by atoms with van der Waals surface area (Å²) in [5, 5.41) is 13.5. The molecule has 7 rings (SSSR count). The number of anilines is 1. The maximum Gasteiger partial charge on any atom is 0.127 e. The maximum absolute atomic E-state index is 11.5. The van der Waals surface area contributed by atoms with E-state index in [1.807, 2.05) is 6.07 Å². The Hall–Kier alpha value is -3.50. The number of benzene rings is 4. The van der Waals surface area contributed by atoms with Crippen LogP contribution in [0.25, 0.3) is 33.0 Å². The molecular formula is C37H41NO3. The number of fused-ring (bicyclic) bond motifs is 7. The van der Waals surface area contributed by atoms with Crippen molar-refractivity contribution in [2.24, 2.45) is 5.41 Å². The predicted octanol–water partition coefficient (Wildman–Crippen LogP) is 8.70. The third-order valence-corrected chi connectivity index (χ3v) is 10.9. The van der Waals surface area contributed by atoms with Crippen molar-refractivity contribution in [2.75, 3.05) is 38.3 Å². The van der Waals surface area contributed by atoms with Gasteiger partial charge in [0, 0.05) is 35.1 Å². The number of morpholine rings is 1. The molecule has 0 unspecified atom stereocenters. The lowest BCUT2D eigenvalue weighted by atomic mass is 9.58. The molecule has 4 nitrogen and oxygen atoms in total. The second-order valence-electron chi connectivity index (χ2n) is 12.4. The number of rotatable bonds is 5. The lowest BCUT2D eigenvalue weighted by Gasteiger charge is -2.45. The van der Waals surface area contributed by atoms with Crippen molar-refractivity contribution in [3.63, 3.8) is 0 Å². The Morgan fingerprint density at radius 2 is 1.51 bits per heavy atom. The monoisotopic (exact) mass is 547 g/mol. The van der Waals surface area contributed by atoms with Crippen LogP contribution in [0.5, 0.6) is 11.5 Å². The Balaban J connectivity index is 1.39. The Morgan fingerprint density at radius 1 is 0.805 bits per heavy atom. The predicted molar refractivity (Wildman–Crippen MR) is 168 cm³/mol. The average molecular weight is 548 g/mol. The Bertz CT molecular complexity index is 1590. The Labute approximate surface area is 243 Å². The summed E-state index contributed by atoms with van der Waals surface area (Å²) in [6.07, 6.45) is 7.21. The van der Waals surface area contributed by atoms with Gasteiger partial charge in [-0.1, -0.05) is 63.1 Å². The Morgan fingerprint density at radius 3 is 2.20 bits per heavy atom. The molecule has 0 amide bonds. The fourth-order valence-electron chi connectivity index (χ4n) is 8.13. The minimum Gasteiger partial charge on any atom is -0.507 e. The minimum atomic E-state index is -0.0364. The van der Waals surface area contributed by atoms with Crippen LogP contribution in [-0.4, -0.2) is 38.5 Å². The van der Waals surface area contributed by atoms with Crippen molar-refractivity contribution < 1.29 is 14.6 Å². The highest BCUT2D eigenvalue weighted by molar-refractivity contribution is 6.07. The highest BCUT2D eigenvalue weighted by atomic mass is 16.5. The lowest BCUT2D eigenvalue weighted by molar-refractivity contribution is 0.122. The molecule has 0 radical (unpaired) electrons. The fourth-order valence-corrected chi connectivity index (χ4v) is 8.13. The number of hydrogen-bond acceptors (Lipinski definition) is 4. The van der Waals surface area contributed by atoms with Gasteiger partial charge in [-0.15, -0.1) is 0 Å². The summed E-state index contributed by atoms with van der Waals surface area (Å²) in [6, 6.07) is 24.2. The van der Waals surface area contributed by atoms with E-state index in [2.05, 4.69) is 79.4 Å². The molecule has 41 heavy (non-hydrogen) atoms. The molecule has 1 aliphatic heterocycles. The van der Waals surface area contributed by atoms with E-state index in [1.54, 1.807) is 7.11 Å². The number of ether oxygens (including phenoxy) is 2. The summed E-state index contributed by atoms with van der Waals surface area (Å²) in [4.78, 5) is 2.38. The molecule has 2 aliphatic carbocycles. The van der Waals surface area contributed by atoms with Crippen LogP contribution in [0.2, 0.25) is 0 Å². The van der Waals surface area contributed by atoms with Gasteiger partial charge in [0.1, 0.15) is 11.5 Å². The van der Waals surface area contributed by atoms with E-state index in [9.17, 15) is 5.11 Å². The summed E-state index contributed by atoms with van der Waals surface area (Å²) in [5.74, 6) is 1.13. The molecule has 0 atom stereocenters. The molecule has 4 heteroatoms. The first kappa shape index (κ1) is 26.4. The van der Waals surface area contributed by atoms with Crippen LogP contribution in [0.4, 0.5) is 5.69 Å². The molecule has 3 aliphatic rings. The van der Waals surface area contributed by atoms with Gasteiger partial charge in [0.15, 0.2) is 0 Å². The molecule has 4 aromatic rings.